The number of carbonyl (C=O) groups excluding carboxylic acids is 1. The van der Waals surface area contributed by atoms with Crippen LogP contribution in [0.1, 0.15) is 43.6 Å². The predicted octanol–water partition coefficient (Wildman–Crippen LogP) is 1.52. The van der Waals surface area contributed by atoms with Crippen molar-refractivity contribution in [1.82, 2.24) is 0 Å². The van der Waals surface area contributed by atoms with E-state index < -0.39 is 45.5 Å². The molecule has 0 saturated carbocycles. The van der Waals surface area contributed by atoms with E-state index in [1.807, 2.05) is 0 Å². The number of carboxylic acid groups (broad SMARTS) is 1. The van der Waals surface area contributed by atoms with Crippen molar-refractivity contribution in [3.05, 3.63) is 22.8 Å². The molecule has 2 rings (SSSR count). The minimum Gasteiger partial charge on any atom is -0.547 e. The highest BCUT2D eigenvalue weighted by atomic mass is 32.2. The van der Waals surface area contributed by atoms with Crippen LogP contribution in [-0.2, 0) is 26.0 Å². The van der Waals surface area contributed by atoms with Gasteiger partial charge in [0.1, 0.15) is 11.9 Å². The minimum atomic E-state index is -5.64. The van der Waals surface area contributed by atoms with Gasteiger partial charge in [0, 0.05) is 17.7 Å². The van der Waals surface area contributed by atoms with E-state index in [0.717, 1.165) is 6.07 Å². The summed E-state index contributed by atoms with van der Waals surface area (Å²) in [4.78, 5) is 11.5. The van der Waals surface area contributed by atoms with Crippen molar-refractivity contribution in [2.75, 3.05) is 10.8 Å². The number of halogens is 3. The largest absolute Gasteiger partial charge is 0.547 e. The third-order valence-corrected chi connectivity index (χ3v) is 5.54. The molecule has 7 nitrogen and oxygen atoms in total. The first kappa shape index (κ1) is 21.3. The van der Waals surface area contributed by atoms with Crippen molar-refractivity contribution >= 4 is 21.7 Å². The Morgan fingerprint density at radius 3 is 2.33 bits per heavy atom. The molecular formula is C16H19F3NO6S-. The topological polar surface area (TPSA) is 107 Å². The van der Waals surface area contributed by atoms with Gasteiger partial charge in [-0.1, -0.05) is 0 Å². The number of benzene rings is 1. The van der Waals surface area contributed by atoms with Crippen LogP contribution in [0, 0.1) is 6.92 Å². The first-order valence-electron chi connectivity index (χ1n) is 7.91. The molecule has 1 N–H and O–H groups in total. The Morgan fingerprint density at radius 1 is 1.33 bits per heavy atom. The highest BCUT2D eigenvalue weighted by Gasteiger charge is 2.52. The van der Waals surface area contributed by atoms with Crippen molar-refractivity contribution in [3.63, 3.8) is 0 Å². The Labute approximate surface area is 154 Å². The van der Waals surface area contributed by atoms with Gasteiger partial charge in [-0.25, -0.2) is 0 Å². The maximum absolute atomic E-state index is 12.9. The molecule has 27 heavy (non-hydrogen) atoms. The summed E-state index contributed by atoms with van der Waals surface area (Å²) in [5, 5.41) is 22.1. The third-order valence-electron chi connectivity index (χ3n) is 3.99. The number of hydrogen-bond acceptors (Lipinski definition) is 6. The van der Waals surface area contributed by atoms with E-state index >= 15 is 0 Å². The highest BCUT2D eigenvalue weighted by Crippen LogP contribution is 2.45. The summed E-state index contributed by atoms with van der Waals surface area (Å²) in [6.07, 6.45) is -1.89. The normalized spacial score (nSPS) is 16.3. The number of phenolic OH excluding ortho intramolecular Hbond substituents is 1. The van der Waals surface area contributed by atoms with E-state index in [2.05, 4.69) is 0 Å². The van der Waals surface area contributed by atoms with Crippen molar-refractivity contribution in [2.45, 2.75) is 51.3 Å². The number of aryl methyl sites for hydroxylation is 1. The summed E-state index contributed by atoms with van der Waals surface area (Å²) in [6.45, 7) is 5.57. The zero-order valence-electron chi connectivity index (χ0n) is 15.0. The molecule has 1 aliphatic heterocycles. The lowest BCUT2D eigenvalue weighted by Gasteiger charge is -2.30. The highest BCUT2D eigenvalue weighted by molar-refractivity contribution is 7.93. The Balaban J connectivity index is 2.62. The second-order valence-corrected chi connectivity index (χ2v) is 9.01. The number of carbonyl (C=O) groups is 1. The number of ether oxygens (including phenoxy) is 1. The number of carboxylic acids is 1. The van der Waals surface area contributed by atoms with Gasteiger partial charge >= 0.3 is 15.5 Å². The molecule has 0 unspecified atom stereocenters. The number of rotatable bonds is 4. The second-order valence-electron chi connectivity index (χ2n) is 7.16. The third kappa shape index (κ3) is 3.84. The molecule has 11 heteroatoms. The summed E-state index contributed by atoms with van der Waals surface area (Å²) in [5.41, 5.74) is -6.96. The Kier molecular flexibility index (Phi) is 5.17. The number of anilines is 1. The van der Waals surface area contributed by atoms with Crippen molar-refractivity contribution in [3.8, 4) is 5.75 Å². The van der Waals surface area contributed by atoms with Gasteiger partial charge in [0.15, 0.2) is 0 Å². The van der Waals surface area contributed by atoms with Gasteiger partial charge in [-0.05, 0) is 45.7 Å². The van der Waals surface area contributed by atoms with E-state index in [1.165, 1.54) is 6.92 Å². The fourth-order valence-electron chi connectivity index (χ4n) is 2.93. The summed E-state index contributed by atoms with van der Waals surface area (Å²) in [5.74, 6) is -2.25. The van der Waals surface area contributed by atoms with E-state index in [9.17, 15) is 36.6 Å². The molecule has 0 radical (unpaired) electrons. The van der Waals surface area contributed by atoms with Crippen molar-refractivity contribution in [2.24, 2.45) is 0 Å². The number of alkyl halides is 3. The molecule has 1 atom stereocenters. The molecule has 0 amide bonds. The molecule has 1 aromatic rings. The van der Waals surface area contributed by atoms with Gasteiger partial charge in [-0.3, -0.25) is 4.31 Å². The van der Waals surface area contributed by atoms with Crippen LogP contribution in [0.25, 0.3) is 0 Å². The zero-order valence-corrected chi connectivity index (χ0v) is 15.9. The van der Waals surface area contributed by atoms with Crippen molar-refractivity contribution in [1.29, 1.82) is 0 Å². The smallest absolute Gasteiger partial charge is 0.516 e. The van der Waals surface area contributed by atoms with E-state index in [-0.39, 0.29) is 33.1 Å². The lowest BCUT2D eigenvalue weighted by molar-refractivity contribution is -0.321. The van der Waals surface area contributed by atoms with Gasteiger partial charge in [0.25, 0.3) is 0 Å². The number of aliphatic carboxylic acids is 1. The molecule has 0 bridgehead atoms. The van der Waals surface area contributed by atoms with Gasteiger partial charge < -0.3 is 19.7 Å². The van der Waals surface area contributed by atoms with Gasteiger partial charge in [0.2, 0.25) is 0 Å². The number of hydrogen-bond donors (Lipinski definition) is 1. The number of fused-ring (bicyclic) bond motifs is 1. The summed E-state index contributed by atoms with van der Waals surface area (Å²) < 4.78 is 67.7. The van der Waals surface area contributed by atoms with Gasteiger partial charge in [0.05, 0.1) is 17.3 Å². The average Bonchev–Trinajstić information content (AvgIpc) is 2.87. The molecule has 0 fully saturated rings. The molecule has 0 saturated heterocycles. The maximum atomic E-state index is 12.9. The molecule has 152 valence electrons. The fraction of sp³-hybridized carbons (Fsp3) is 0.562. The van der Waals surface area contributed by atoms with E-state index in [1.54, 1.807) is 20.8 Å². The molecule has 1 heterocycles. The number of phenols is 1. The fourth-order valence-corrected chi connectivity index (χ4v) is 3.93. The van der Waals surface area contributed by atoms with Gasteiger partial charge in [-0.15, -0.1) is 0 Å². The Bertz CT molecular complexity index is 874. The van der Waals surface area contributed by atoms with Crippen LogP contribution in [-0.4, -0.2) is 37.1 Å². The van der Waals surface area contributed by atoms with Crippen LogP contribution >= 0.6 is 0 Å². The van der Waals surface area contributed by atoms with Crippen LogP contribution in [0.15, 0.2) is 6.07 Å². The Morgan fingerprint density at radius 2 is 1.89 bits per heavy atom. The Hall–Kier alpha value is -2.01. The first-order valence-corrected chi connectivity index (χ1v) is 9.35. The lowest BCUT2D eigenvalue weighted by atomic mass is 9.96. The second kappa shape index (κ2) is 6.55. The van der Waals surface area contributed by atoms with E-state index in [0.29, 0.717) is 0 Å². The predicted molar refractivity (Wildman–Crippen MR) is 87.5 cm³/mol. The zero-order chi connectivity index (χ0) is 20.9. The molecule has 0 aliphatic carbocycles. The van der Waals surface area contributed by atoms with Crippen LogP contribution < -0.4 is 9.41 Å². The minimum absolute atomic E-state index is 0.0639. The maximum Gasteiger partial charge on any atom is 0.516 e. The molecular weight excluding hydrogens is 391 g/mol. The van der Waals surface area contributed by atoms with Crippen LogP contribution in [0.3, 0.4) is 0 Å². The molecule has 0 aromatic heterocycles. The summed E-state index contributed by atoms with van der Waals surface area (Å²) in [7, 11) is -5.64. The van der Waals surface area contributed by atoms with Crippen molar-refractivity contribution < 1.29 is 41.3 Å². The summed E-state index contributed by atoms with van der Waals surface area (Å²) in [6, 6.07) is 1.10. The number of nitrogens with zero attached hydrogens (tertiary/aromatic N) is 1. The molecule has 0 spiro atoms. The van der Waals surface area contributed by atoms with Gasteiger partial charge in [-0.2, -0.15) is 21.6 Å². The lowest BCUT2D eigenvalue weighted by Crippen LogP contribution is -2.39. The van der Waals surface area contributed by atoms with Crippen LogP contribution in [0.2, 0.25) is 0 Å². The number of aromatic hydroxyl groups is 1. The summed E-state index contributed by atoms with van der Waals surface area (Å²) >= 11 is 0. The van der Waals surface area contributed by atoms with Crippen LogP contribution in [0.4, 0.5) is 18.9 Å². The average molecular weight is 410 g/mol. The number of sulfonamides is 1. The van der Waals surface area contributed by atoms with Crippen LogP contribution in [0.5, 0.6) is 5.75 Å². The quantitative estimate of drug-likeness (QED) is 0.807. The molecule has 1 aromatic carbocycles. The SMILES string of the molecule is Cc1cc2c(c(O)c1[C@H](OC(C)(C)C)C(=O)[O-])CCN2S(=O)(=O)C(F)(F)F. The first-order chi connectivity index (χ1) is 12.1. The monoisotopic (exact) mass is 410 g/mol. The molecule has 1 aliphatic rings. The van der Waals surface area contributed by atoms with E-state index in [4.69, 9.17) is 4.74 Å². The standard InChI is InChI=1S/C16H20F3NO6S/c1-8-7-10-9(5-6-20(10)27(24,25)16(17,18)19)12(21)11(8)13(14(22)23)26-15(2,3)4/h7,13,21H,5-6H2,1-4H3,(H,22,23)/p-1/t13-/m0/s1.